The summed E-state index contributed by atoms with van der Waals surface area (Å²) in [6, 6.07) is 5.22. The summed E-state index contributed by atoms with van der Waals surface area (Å²) >= 11 is 0. The molecule has 0 aromatic carbocycles. The number of aromatic nitrogens is 2. The quantitative estimate of drug-likeness (QED) is 0.884. The molecule has 112 valence electrons. The van der Waals surface area contributed by atoms with E-state index in [-0.39, 0.29) is 12.5 Å². The van der Waals surface area contributed by atoms with Crippen LogP contribution in [0.2, 0.25) is 0 Å². The van der Waals surface area contributed by atoms with Crippen LogP contribution >= 0.6 is 0 Å². The molecule has 2 aromatic rings. The Hall–Kier alpha value is -2.37. The zero-order chi connectivity index (χ0) is 15.2. The van der Waals surface area contributed by atoms with Crippen LogP contribution in [0.3, 0.4) is 0 Å². The maximum Gasteiger partial charge on any atom is 0.257 e. The molecular weight excluding hydrogens is 270 g/mol. The second-order valence-corrected chi connectivity index (χ2v) is 4.84. The van der Waals surface area contributed by atoms with Crippen molar-refractivity contribution < 1.29 is 14.1 Å². The van der Waals surface area contributed by atoms with Gasteiger partial charge in [-0.25, -0.2) is 4.98 Å². The lowest BCUT2D eigenvalue weighted by Gasteiger charge is -2.08. The second kappa shape index (κ2) is 6.88. The van der Waals surface area contributed by atoms with E-state index in [0.29, 0.717) is 29.7 Å². The predicted octanol–water partition coefficient (Wildman–Crippen LogP) is 2.52. The van der Waals surface area contributed by atoms with Crippen molar-refractivity contribution in [3.05, 3.63) is 41.4 Å². The molecule has 0 spiro atoms. The van der Waals surface area contributed by atoms with Gasteiger partial charge in [0.1, 0.15) is 5.56 Å². The Balaban J connectivity index is 2.01. The van der Waals surface area contributed by atoms with Crippen LogP contribution in [0.25, 0.3) is 0 Å². The van der Waals surface area contributed by atoms with E-state index in [0.717, 1.165) is 5.69 Å². The van der Waals surface area contributed by atoms with Crippen molar-refractivity contribution in [2.24, 2.45) is 0 Å². The Bertz CT molecular complexity index is 608. The van der Waals surface area contributed by atoms with E-state index in [1.807, 2.05) is 26.8 Å². The molecule has 2 rings (SSSR count). The first-order chi connectivity index (χ1) is 10.1. The van der Waals surface area contributed by atoms with Gasteiger partial charge in [-0.15, -0.1) is 0 Å². The Morgan fingerprint density at radius 1 is 1.48 bits per heavy atom. The molecule has 0 aliphatic rings. The van der Waals surface area contributed by atoms with E-state index in [1.165, 1.54) is 0 Å². The zero-order valence-corrected chi connectivity index (χ0v) is 12.4. The number of ether oxygens (including phenoxy) is 1. The molecule has 0 radical (unpaired) electrons. The molecule has 6 heteroatoms. The number of nitrogens with one attached hydrogen (secondary N) is 1. The van der Waals surface area contributed by atoms with E-state index in [9.17, 15) is 4.79 Å². The Morgan fingerprint density at radius 3 is 2.95 bits per heavy atom. The van der Waals surface area contributed by atoms with Crippen LogP contribution in [0.4, 0.5) is 0 Å². The van der Waals surface area contributed by atoms with Gasteiger partial charge in [-0.1, -0.05) is 19.0 Å². The molecule has 0 fully saturated rings. The molecule has 6 nitrogen and oxygen atoms in total. The lowest BCUT2D eigenvalue weighted by Crippen LogP contribution is -2.23. The lowest BCUT2D eigenvalue weighted by atomic mass is 10.1. The van der Waals surface area contributed by atoms with Crippen molar-refractivity contribution in [2.45, 2.75) is 33.2 Å². The van der Waals surface area contributed by atoms with Crippen LogP contribution < -0.4 is 10.1 Å². The van der Waals surface area contributed by atoms with Gasteiger partial charge in [-0.2, -0.15) is 0 Å². The van der Waals surface area contributed by atoms with Crippen molar-refractivity contribution >= 4 is 5.91 Å². The first kappa shape index (κ1) is 15.0. The fourth-order valence-corrected chi connectivity index (χ4v) is 1.76. The summed E-state index contributed by atoms with van der Waals surface area (Å²) in [6.45, 7) is 6.64. The molecule has 0 aliphatic heterocycles. The lowest BCUT2D eigenvalue weighted by molar-refractivity contribution is 0.0942. The largest absolute Gasteiger partial charge is 0.477 e. The maximum atomic E-state index is 12.2. The molecule has 0 saturated heterocycles. The van der Waals surface area contributed by atoms with Crippen LogP contribution in [-0.4, -0.2) is 22.7 Å². The maximum absolute atomic E-state index is 12.2. The third-order valence-electron chi connectivity index (χ3n) is 2.89. The van der Waals surface area contributed by atoms with Gasteiger partial charge in [0.25, 0.3) is 5.91 Å². The van der Waals surface area contributed by atoms with Crippen molar-refractivity contribution in [3.8, 4) is 5.88 Å². The van der Waals surface area contributed by atoms with Gasteiger partial charge in [-0.05, 0) is 25.0 Å². The van der Waals surface area contributed by atoms with Crippen molar-refractivity contribution in [1.82, 2.24) is 15.5 Å². The normalized spacial score (nSPS) is 10.7. The van der Waals surface area contributed by atoms with Crippen LogP contribution in [-0.2, 0) is 6.54 Å². The Labute approximate surface area is 123 Å². The van der Waals surface area contributed by atoms with Gasteiger partial charge < -0.3 is 14.6 Å². The summed E-state index contributed by atoms with van der Waals surface area (Å²) in [6.07, 6.45) is 1.59. The van der Waals surface area contributed by atoms with Crippen molar-refractivity contribution in [1.29, 1.82) is 0 Å². The SMILES string of the molecule is CCOc1ncccc1C(=O)NCc1cc(C(C)C)no1. The minimum atomic E-state index is -0.256. The summed E-state index contributed by atoms with van der Waals surface area (Å²) < 4.78 is 10.5. The number of carbonyl (C=O) groups is 1. The fraction of sp³-hybridized carbons (Fsp3) is 0.400. The summed E-state index contributed by atoms with van der Waals surface area (Å²) in [5.74, 6) is 0.988. The van der Waals surface area contributed by atoms with Gasteiger partial charge in [0.05, 0.1) is 18.8 Å². The summed E-state index contributed by atoms with van der Waals surface area (Å²) in [4.78, 5) is 16.2. The smallest absolute Gasteiger partial charge is 0.257 e. The molecule has 0 bridgehead atoms. The minimum Gasteiger partial charge on any atom is -0.477 e. The molecule has 1 amide bonds. The topological polar surface area (TPSA) is 77.2 Å². The standard InChI is InChI=1S/C15H19N3O3/c1-4-20-15-12(6-5-7-16-15)14(19)17-9-11-8-13(10(2)3)18-21-11/h5-8,10H,4,9H2,1-3H3,(H,17,19). The molecule has 2 heterocycles. The molecule has 2 aromatic heterocycles. The number of hydrogen-bond acceptors (Lipinski definition) is 5. The van der Waals surface area contributed by atoms with Gasteiger partial charge in [0, 0.05) is 12.3 Å². The summed E-state index contributed by atoms with van der Waals surface area (Å²) in [5, 5.41) is 6.72. The van der Waals surface area contributed by atoms with E-state index in [4.69, 9.17) is 9.26 Å². The summed E-state index contributed by atoms with van der Waals surface area (Å²) in [7, 11) is 0. The first-order valence-electron chi connectivity index (χ1n) is 6.93. The molecular formula is C15H19N3O3. The average Bonchev–Trinajstić information content (AvgIpc) is 2.95. The summed E-state index contributed by atoms with van der Waals surface area (Å²) in [5.41, 5.74) is 1.28. The highest BCUT2D eigenvalue weighted by Crippen LogP contribution is 2.16. The highest BCUT2D eigenvalue weighted by molar-refractivity contribution is 5.96. The number of hydrogen-bond donors (Lipinski definition) is 1. The van der Waals surface area contributed by atoms with Crippen molar-refractivity contribution in [2.75, 3.05) is 6.61 Å². The number of amides is 1. The number of nitrogens with zero attached hydrogens (tertiary/aromatic N) is 2. The molecule has 0 atom stereocenters. The van der Waals surface area contributed by atoms with E-state index < -0.39 is 0 Å². The number of pyridine rings is 1. The van der Waals surface area contributed by atoms with Gasteiger partial charge in [-0.3, -0.25) is 4.79 Å². The Morgan fingerprint density at radius 2 is 2.29 bits per heavy atom. The second-order valence-electron chi connectivity index (χ2n) is 4.84. The van der Waals surface area contributed by atoms with Crippen LogP contribution in [0.15, 0.2) is 28.9 Å². The minimum absolute atomic E-state index is 0.256. The third-order valence-corrected chi connectivity index (χ3v) is 2.89. The number of carbonyl (C=O) groups excluding carboxylic acids is 1. The third kappa shape index (κ3) is 3.81. The zero-order valence-electron chi connectivity index (χ0n) is 12.4. The van der Waals surface area contributed by atoms with Crippen molar-refractivity contribution in [3.63, 3.8) is 0 Å². The molecule has 0 saturated carbocycles. The van der Waals surface area contributed by atoms with Gasteiger partial charge >= 0.3 is 0 Å². The van der Waals surface area contributed by atoms with E-state index in [1.54, 1.807) is 18.3 Å². The number of rotatable bonds is 6. The van der Waals surface area contributed by atoms with E-state index in [2.05, 4.69) is 15.5 Å². The average molecular weight is 289 g/mol. The van der Waals surface area contributed by atoms with Gasteiger partial charge in [0.2, 0.25) is 5.88 Å². The monoisotopic (exact) mass is 289 g/mol. The van der Waals surface area contributed by atoms with Gasteiger partial charge in [0.15, 0.2) is 5.76 Å². The highest BCUT2D eigenvalue weighted by atomic mass is 16.5. The molecule has 0 aliphatic carbocycles. The molecule has 0 unspecified atom stereocenters. The van der Waals surface area contributed by atoms with Crippen LogP contribution in [0, 0.1) is 0 Å². The Kier molecular flexibility index (Phi) is 4.92. The van der Waals surface area contributed by atoms with E-state index >= 15 is 0 Å². The first-order valence-corrected chi connectivity index (χ1v) is 6.93. The van der Waals surface area contributed by atoms with Crippen LogP contribution in [0.5, 0.6) is 5.88 Å². The molecule has 1 N–H and O–H groups in total. The predicted molar refractivity (Wildman–Crippen MR) is 77.2 cm³/mol. The van der Waals surface area contributed by atoms with Crippen LogP contribution in [0.1, 0.15) is 48.5 Å². The molecule has 21 heavy (non-hydrogen) atoms. The highest BCUT2D eigenvalue weighted by Gasteiger charge is 2.14. The fourth-order valence-electron chi connectivity index (χ4n) is 1.76.